The molecule has 0 unspecified atom stereocenters. The van der Waals surface area contributed by atoms with Crippen molar-refractivity contribution in [1.82, 2.24) is 4.90 Å². The second-order valence-corrected chi connectivity index (χ2v) is 5.62. The van der Waals surface area contributed by atoms with Crippen molar-refractivity contribution in [2.24, 2.45) is 5.92 Å². The maximum atomic E-state index is 9.28. The number of nitrogens with zero attached hydrogens (tertiary/aromatic N) is 1. The van der Waals surface area contributed by atoms with Gasteiger partial charge >= 0.3 is 0 Å². The molecule has 1 aliphatic carbocycles. The molecule has 1 saturated carbocycles. The SMILES string of the molecule is Cc1ccc(C)c(CN(C)CC2CC(O)C2)c1. The number of benzene rings is 1. The molecule has 2 nitrogen and oxygen atoms in total. The summed E-state index contributed by atoms with van der Waals surface area (Å²) in [4.78, 5) is 2.37. The van der Waals surface area contributed by atoms with Crippen LogP contribution in [-0.4, -0.2) is 29.7 Å². The summed E-state index contributed by atoms with van der Waals surface area (Å²) in [6.07, 6.45) is 1.93. The third-order valence-corrected chi connectivity index (χ3v) is 3.73. The van der Waals surface area contributed by atoms with Crippen LogP contribution in [-0.2, 0) is 6.54 Å². The van der Waals surface area contributed by atoms with E-state index >= 15 is 0 Å². The average molecular weight is 233 g/mol. The first-order chi connectivity index (χ1) is 8.04. The molecule has 0 aromatic heterocycles. The maximum absolute atomic E-state index is 9.28. The molecule has 0 saturated heterocycles. The Labute approximate surface area is 104 Å². The van der Waals surface area contributed by atoms with Crippen molar-refractivity contribution in [2.45, 2.75) is 39.3 Å². The molecule has 1 aromatic rings. The zero-order chi connectivity index (χ0) is 12.4. The van der Waals surface area contributed by atoms with Crippen LogP contribution in [0.1, 0.15) is 29.5 Å². The summed E-state index contributed by atoms with van der Waals surface area (Å²) in [5.74, 6) is 0.695. The van der Waals surface area contributed by atoms with Gasteiger partial charge in [-0.2, -0.15) is 0 Å². The van der Waals surface area contributed by atoms with Crippen molar-refractivity contribution in [1.29, 1.82) is 0 Å². The lowest BCUT2D eigenvalue weighted by molar-refractivity contribution is 0.0273. The molecule has 1 fully saturated rings. The van der Waals surface area contributed by atoms with Crippen molar-refractivity contribution in [3.05, 3.63) is 34.9 Å². The predicted octanol–water partition coefficient (Wildman–Crippen LogP) is 2.51. The van der Waals surface area contributed by atoms with Gasteiger partial charge < -0.3 is 10.0 Å². The highest BCUT2D eigenvalue weighted by atomic mass is 16.3. The van der Waals surface area contributed by atoms with Crippen molar-refractivity contribution in [3.8, 4) is 0 Å². The van der Waals surface area contributed by atoms with Crippen LogP contribution in [0.2, 0.25) is 0 Å². The molecule has 2 heteroatoms. The van der Waals surface area contributed by atoms with Crippen LogP contribution >= 0.6 is 0 Å². The molecular weight excluding hydrogens is 210 g/mol. The Morgan fingerprint density at radius 3 is 2.65 bits per heavy atom. The summed E-state index contributed by atoms with van der Waals surface area (Å²) in [6, 6.07) is 6.65. The number of hydrogen-bond donors (Lipinski definition) is 1. The van der Waals surface area contributed by atoms with Crippen LogP contribution in [0, 0.1) is 19.8 Å². The summed E-state index contributed by atoms with van der Waals surface area (Å²) < 4.78 is 0. The normalized spacial score (nSPS) is 23.8. The lowest BCUT2D eigenvalue weighted by atomic mass is 9.82. The van der Waals surface area contributed by atoms with Gasteiger partial charge in [0.15, 0.2) is 0 Å². The Hall–Kier alpha value is -0.860. The van der Waals surface area contributed by atoms with Gasteiger partial charge in [-0.05, 0) is 50.8 Å². The molecule has 0 radical (unpaired) electrons. The minimum atomic E-state index is -0.0332. The molecule has 0 aliphatic heterocycles. The summed E-state index contributed by atoms with van der Waals surface area (Å²) in [6.45, 7) is 6.44. The Kier molecular flexibility index (Phi) is 3.85. The first-order valence-corrected chi connectivity index (χ1v) is 6.47. The van der Waals surface area contributed by atoms with Crippen molar-refractivity contribution in [3.63, 3.8) is 0 Å². The van der Waals surface area contributed by atoms with Crippen LogP contribution in [0.15, 0.2) is 18.2 Å². The minimum absolute atomic E-state index is 0.0332. The molecule has 0 heterocycles. The Morgan fingerprint density at radius 2 is 2.00 bits per heavy atom. The fraction of sp³-hybridized carbons (Fsp3) is 0.600. The smallest absolute Gasteiger partial charge is 0.0546 e. The molecule has 1 aliphatic rings. The predicted molar refractivity (Wildman–Crippen MR) is 71.0 cm³/mol. The van der Waals surface area contributed by atoms with Crippen LogP contribution < -0.4 is 0 Å². The lowest BCUT2D eigenvalue weighted by Crippen LogP contribution is -2.36. The lowest BCUT2D eigenvalue weighted by Gasteiger charge is -2.34. The number of aliphatic hydroxyl groups excluding tert-OH is 1. The second kappa shape index (κ2) is 5.19. The molecular formula is C15H23NO. The second-order valence-electron chi connectivity index (χ2n) is 5.62. The van der Waals surface area contributed by atoms with Crippen molar-refractivity contribution in [2.75, 3.05) is 13.6 Å². The summed E-state index contributed by atoms with van der Waals surface area (Å²) >= 11 is 0. The van der Waals surface area contributed by atoms with Gasteiger partial charge in [0.25, 0.3) is 0 Å². The zero-order valence-corrected chi connectivity index (χ0v) is 11.1. The van der Waals surface area contributed by atoms with Crippen molar-refractivity contribution < 1.29 is 5.11 Å². The largest absolute Gasteiger partial charge is 0.393 e. The van der Waals surface area contributed by atoms with E-state index in [1.807, 2.05) is 0 Å². The van der Waals surface area contributed by atoms with E-state index in [0.29, 0.717) is 5.92 Å². The van der Waals surface area contributed by atoms with E-state index in [1.165, 1.54) is 16.7 Å². The first-order valence-electron chi connectivity index (χ1n) is 6.47. The molecule has 0 bridgehead atoms. The summed E-state index contributed by atoms with van der Waals surface area (Å²) in [5, 5.41) is 9.28. The van der Waals surface area contributed by atoms with E-state index in [2.05, 4.69) is 44.0 Å². The van der Waals surface area contributed by atoms with Gasteiger partial charge in [0, 0.05) is 13.1 Å². The van der Waals surface area contributed by atoms with Gasteiger partial charge in [-0.15, -0.1) is 0 Å². The minimum Gasteiger partial charge on any atom is -0.393 e. The van der Waals surface area contributed by atoms with Crippen LogP contribution in [0.5, 0.6) is 0 Å². The molecule has 17 heavy (non-hydrogen) atoms. The van der Waals surface area contributed by atoms with Gasteiger partial charge in [0.1, 0.15) is 0 Å². The number of hydrogen-bond acceptors (Lipinski definition) is 2. The van der Waals surface area contributed by atoms with E-state index < -0.39 is 0 Å². The van der Waals surface area contributed by atoms with E-state index in [0.717, 1.165) is 25.9 Å². The molecule has 1 N–H and O–H groups in total. The van der Waals surface area contributed by atoms with Gasteiger partial charge in [0.05, 0.1) is 6.10 Å². The third-order valence-electron chi connectivity index (χ3n) is 3.73. The topological polar surface area (TPSA) is 23.5 Å². The maximum Gasteiger partial charge on any atom is 0.0546 e. The van der Waals surface area contributed by atoms with E-state index in [-0.39, 0.29) is 6.10 Å². The quantitative estimate of drug-likeness (QED) is 0.863. The fourth-order valence-electron chi connectivity index (χ4n) is 2.62. The molecule has 2 rings (SSSR count). The molecule has 1 aromatic carbocycles. The first kappa shape index (κ1) is 12.6. The average Bonchev–Trinajstić information content (AvgIpc) is 2.21. The number of aliphatic hydroxyl groups is 1. The highest BCUT2D eigenvalue weighted by molar-refractivity contribution is 5.30. The Bertz CT molecular complexity index is 383. The fourth-order valence-corrected chi connectivity index (χ4v) is 2.62. The highest BCUT2D eigenvalue weighted by Gasteiger charge is 2.27. The summed E-state index contributed by atoms with van der Waals surface area (Å²) in [5.41, 5.74) is 4.13. The van der Waals surface area contributed by atoms with Crippen LogP contribution in [0.4, 0.5) is 0 Å². The van der Waals surface area contributed by atoms with E-state index in [1.54, 1.807) is 0 Å². The van der Waals surface area contributed by atoms with Gasteiger partial charge in [-0.1, -0.05) is 23.8 Å². The number of aryl methyl sites for hydroxylation is 2. The molecule has 0 amide bonds. The molecule has 0 spiro atoms. The molecule has 0 atom stereocenters. The van der Waals surface area contributed by atoms with Gasteiger partial charge in [-0.25, -0.2) is 0 Å². The zero-order valence-electron chi connectivity index (χ0n) is 11.1. The van der Waals surface area contributed by atoms with Crippen LogP contribution in [0.25, 0.3) is 0 Å². The summed E-state index contributed by atoms with van der Waals surface area (Å²) in [7, 11) is 2.17. The Morgan fingerprint density at radius 1 is 1.29 bits per heavy atom. The third kappa shape index (κ3) is 3.30. The Balaban J connectivity index is 1.89. The van der Waals surface area contributed by atoms with Crippen LogP contribution in [0.3, 0.4) is 0 Å². The highest BCUT2D eigenvalue weighted by Crippen LogP contribution is 2.28. The van der Waals surface area contributed by atoms with Gasteiger partial charge in [0.2, 0.25) is 0 Å². The van der Waals surface area contributed by atoms with E-state index in [9.17, 15) is 5.11 Å². The molecule has 94 valence electrons. The van der Waals surface area contributed by atoms with E-state index in [4.69, 9.17) is 0 Å². The monoisotopic (exact) mass is 233 g/mol. The standard InChI is InChI=1S/C15H23NO/c1-11-4-5-12(2)14(6-11)10-16(3)9-13-7-15(17)8-13/h4-6,13,15,17H,7-10H2,1-3H3. The number of rotatable bonds is 4. The van der Waals surface area contributed by atoms with Crippen molar-refractivity contribution >= 4 is 0 Å². The van der Waals surface area contributed by atoms with Gasteiger partial charge in [-0.3, -0.25) is 0 Å².